The smallest absolute Gasteiger partial charge is 0.265 e. The molecule has 0 radical (unpaired) electrons. The van der Waals surface area contributed by atoms with E-state index in [4.69, 9.17) is 0 Å². The van der Waals surface area contributed by atoms with Gasteiger partial charge in [0.2, 0.25) is 0 Å². The summed E-state index contributed by atoms with van der Waals surface area (Å²) in [6.45, 7) is 4.18. The summed E-state index contributed by atoms with van der Waals surface area (Å²) < 4.78 is 0. The van der Waals surface area contributed by atoms with Gasteiger partial charge in [-0.1, -0.05) is 12.1 Å². The number of amides is 2. The van der Waals surface area contributed by atoms with Crippen LogP contribution in [0.25, 0.3) is 10.8 Å². The second-order valence-electron chi connectivity index (χ2n) is 8.71. The first-order valence-corrected chi connectivity index (χ1v) is 11.3. The molecule has 6 rings (SSSR count). The maximum Gasteiger partial charge on any atom is 0.265 e. The molecule has 0 atom stereocenters. The lowest BCUT2D eigenvalue weighted by molar-refractivity contribution is 0.0893. The zero-order valence-corrected chi connectivity index (χ0v) is 17.5. The predicted molar refractivity (Wildman–Crippen MR) is 124 cm³/mol. The number of rotatable bonds is 3. The van der Waals surface area contributed by atoms with E-state index in [9.17, 15) is 9.59 Å². The van der Waals surface area contributed by atoms with Gasteiger partial charge in [0.25, 0.3) is 11.8 Å². The number of nitrogens with zero attached hydrogens (tertiary/aromatic N) is 3. The first-order chi connectivity index (χ1) is 15.2. The van der Waals surface area contributed by atoms with Crippen LogP contribution < -0.4 is 14.7 Å². The van der Waals surface area contributed by atoms with Crippen molar-refractivity contribution in [2.75, 3.05) is 40.9 Å². The molecule has 2 saturated heterocycles. The van der Waals surface area contributed by atoms with Crippen molar-refractivity contribution in [2.45, 2.75) is 25.7 Å². The molecule has 5 heteroatoms. The van der Waals surface area contributed by atoms with E-state index in [2.05, 4.69) is 15.9 Å². The van der Waals surface area contributed by atoms with E-state index < -0.39 is 0 Å². The van der Waals surface area contributed by atoms with Gasteiger partial charge in [-0.05, 0) is 68.1 Å². The Labute approximate surface area is 181 Å². The molecule has 3 aromatic carbocycles. The molecule has 156 valence electrons. The van der Waals surface area contributed by atoms with Gasteiger partial charge in [-0.3, -0.25) is 9.59 Å². The minimum Gasteiger partial charge on any atom is -0.372 e. The van der Waals surface area contributed by atoms with E-state index in [0.717, 1.165) is 48.3 Å². The quantitative estimate of drug-likeness (QED) is 0.579. The van der Waals surface area contributed by atoms with Crippen LogP contribution in [0.15, 0.2) is 54.6 Å². The van der Waals surface area contributed by atoms with E-state index in [1.807, 2.05) is 48.5 Å². The summed E-state index contributed by atoms with van der Waals surface area (Å²) >= 11 is 0. The Morgan fingerprint density at radius 1 is 0.581 bits per heavy atom. The number of hydrogen-bond acceptors (Lipinski definition) is 4. The highest BCUT2D eigenvalue weighted by Gasteiger charge is 2.35. The van der Waals surface area contributed by atoms with Crippen LogP contribution in [0.1, 0.15) is 46.4 Å². The highest BCUT2D eigenvalue weighted by Crippen LogP contribution is 2.38. The van der Waals surface area contributed by atoms with E-state index in [0.29, 0.717) is 16.8 Å². The molecular formula is C26H25N3O2. The molecule has 31 heavy (non-hydrogen) atoms. The maximum absolute atomic E-state index is 13.5. The van der Waals surface area contributed by atoms with Crippen molar-refractivity contribution in [2.24, 2.45) is 0 Å². The van der Waals surface area contributed by atoms with Crippen LogP contribution in [0.3, 0.4) is 0 Å². The molecule has 0 unspecified atom stereocenters. The Morgan fingerprint density at radius 2 is 1.16 bits per heavy atom. The van der Waals surface area contributed by atoms with Crippen LogP contribution >= 0.6 is 0 Å². The number of hydrogen-bond donors (Lipinski definition) is 0. The molecule has 0 aromatic heterocycles. The van der Waals surface area contributed by atoms with E-state index in [1.165, 1.54) is 30.6 Å². The van der Waals surface area contributed by atoms with Crippen LogP contribution in [0.4, 0.5) is 17.1 Å². The first-order valence-electron chi connectivity index (χ1n) is 11.3. The summed E-state index contributed by atoms with van der Waals surface area (Å²) in [6.07, 6.45) is 4.79. The molecule has 2 fully saturated rings. The SMILES string of the molecule is O=C1c2cccc3c(N4CCCC4)ccc(c23)C(=O)N1c1ccc(N2CCCC2)cc1. The van der Waals surface area contributed by atoms with Gasteiger partial charge in [0.1, 0.15) is 0 Å². The fourth-order valence-electron chi connectivity index (χ4n) is 5.34. The highest BCUT2D eigenvalue weighted by atomic mass is 16.2. The average Bonchev–Trinajstić information content (AvgIpc) is 3.52. The van der Waals surface area contributed by atoms with Gasteiger partial charge in [-0.15, -0.1) is 0 Å². The van der Waals surface area contributed by atoms with Crippen molar-refractivity contribution >= 4 is 39.6 Å². The minimum absolute atomic E-state index is 0.240. The standard InChI is InChI=1S/C26H25N3O2/c30-25-21-7-5-6-20-23(28-16-3-4-17-28)13-12-22(24(20)21)26(31)29(25)19-10-8-18(9-11-19)27-14-1-2-15-27/h5-13H,1-4,14-17H2. The normalized spacial score (nSPS) is 18.5. The summed E-state index contributed by atoms with van der Waals surface area (Å²) in [5, 5.41) is 1.80. The molecule has 5 nitrogen and oxygen atoms in total. The lowest BCUT2D eigenvalue weighted by atomic mass is 9.92. The van der Waals surface area contributed by atoms with Gasteiger partial charge in [0.05, 0.1) is 5.69 Å². The van der Waals surface area contributed by atoms with Crippen molar-refractivity contribution < 1.29 is 9.59 Å². The minimum atomic E-state index is -0.240. The van der Waals surface area contributed by atoms with Crippen LogP contribution in [-0.2, 0) is 0 Å². The second kappa shape index (κ2) is 7.12. The molecule has 0 spiro atoms. The lowest BCUT2D eigenvalue weighted by Gasteiger charge is -2.29. The summed E-state index contributed by atoms with van der Waals surface area (Å²) in [5.74, 6) is -0.480. The van der Waals surface area contributed by atoms with Crippen LogP contribution in [0.2, 0.25) is 0 Å². The number of carbonyl (C=O) groups is 2. The van der Waals surface area contributed by atoms with E-state index >= 15 is 0 Å². The van der Waals surface area contributed by atoms with Crippen molar-refractivity contribution in [3.05, 3.63) is 65.7 Å². The Balaban J connectivity index is 1.42. The maximum atomic E-state index is 13.5. The topological polar surface area (TPSA) is 43.9 Å². The van der Waals surface area contributed by atoms with Gasteiger partial charge < -0.3 is 9.80 Å². The molecule has 0 N–H and O–H groups in total. The summed E-state index contributed by atoms with van der Waals surface area (Å²) in [7, 11) is 0. The van der Waals surface area contributed by atoms with Crippen molar-refractivity contribution in [1.29, 1.82) is 0 Å². The molecule has 3 heterocycles. The Bertz CT molecular complexity index is 1170. The third-order valence-electron chi connectivity index (χ3n) is 6.91. The molecule has 0 aliphatic carbocycles. The largest absolute Gasteiger partial charge is 0.372 e. The van der Waals surface area contributed by atoms with Gasteiger partial charge in [-0.2, -0.15) is 0 Å². The Morgan fingerprint density at radius 3 is 1.84 bits per heavy atom. The van der Waals surface area contributed by atoms with Gasteiger partial charge in [0, 0.05) is 59.5 Å². The Kier molecular flexibility index (Phi) is 4.23. The number of carbonyl (C=O) groups excluding carboxylic acids is 2. The van der Waals surface area contributed by atoms with Crippen LogP contribution in [0.5, 0.6) is 0 Å². The van der Waals surface area contributed by atoms with Gasteiger partial charge in [0.15, 0.2) is 0 Å². The van der Waals surface area contributed by atoms with Gasteiger partial charge in [-0.25, -0.2) is 4.90 Å². The zero-order chi connectivity index (χ0) is 20.9. The molecule has 3 aromatic rings. The monoisotopic (exact) mass is 411 g/mol. The molecular weight excluding hydrogens is 386 g/mol. The third-order valence-corrected chi connectivity index (χ3v) is 6.91. The number of imide groups is 1. The average molecular weight is 412 g/mol. The molecule has 0 bridgehead atoms. The van der Waals surface area contributed by atoms with Crippen molar-refractivity contribution in [3.63, 3.8) is 0 Å². The molecule has 3 aliphatic rings. The Hall–Kier alpha value is -3.34. The third kappa shape index (κ3) is 2.83. The van der Waals surface area contributed by atoms with Crippen molar-refractivity contribution in [1.82, 2.24) is 0 Å². The summed E-state index contributed by atoms with van der Waals surface area (Å²) in [6, 6.07) is 17.6. The lowest BCUT2D eigenvalue weighted by Crippen LogP contribution is -2.40. The molecule has 3 aliphatic heterocycles. The zero-order valence-electron chi connectivity index (χ0n) is 17.5. The van der Waals surface area contributed by atoms with Crippen LogP contribution in [0, 0.1) is 0 Å². The number of anilines is 3. The summed E-state index contributed by atoms with van der Waals surface area (Å²) in [5.41, 5.74) is 4.12. The van der Waals surface area contributed by atoms with E-state index in [1.54, 1.807) is 0 Å². The number of benzene rings is 3. The predicted octanol–water partition coefficient (Wildman–Crippen LogP) is 4.84. The second-order valence-corrected chi connectivity index (χ2v) is 8.71. The molecule has 2 amide bonds. The fourth-order valence-corrected chi connectivity index (χ4v) is 5.34. The van der Waals surface area contributed by atoms with Crippen molar-refractivity contribution in [3.8, 4) is 0 Å². The first kappa shape index (κ1) is 18.4. The van der Waals surface area contributed by atoms with Gasteiger partial charge >= 0.3 is 0 Å². The fraction of sp³-hybridized carbons (Fsp3) is 0.308. The molecule has 0 saturated carbocycles. The summed E-state index contributed by atoms with van der Waals surface area (Å²) in [4.78, 5) is 33.0. The van der Waals surface area contributed by atoms with Crippen LogP contribution in [-0.4, -0.2) is 38.0 Å². The highest BCUT2D eigenvalue weighted by molar-refractivity contribution is 6.36. The van der Waals surface area contributed by atoms with E-state index in [-0.39, 0.29) is 11.8 Å².